The first-order valence-corrected chi connectivity index (χ1v) is 7.94. The lowest BCUT2D eigenvalue weighted by atomic mass is 10.0. The number of benzene rings is 1. The second-order valence-electron chi connectivity index (χ2n) is 5.42. The minimum Gasteiger partial charge on any atom is -0.338 e. The van der Waals surface area contributed by atoms with Crippen molar-refractivity contribution in [3.63, 3.8) is 0 Å². The third-order valence-electron chi connectivity index (χ3n) is 4.03. The van der Waals surface area contributed by atoms with Crippen LogP contribution < -0.4 is 10.6 Å². The maximum atomic E-state index is 5.94. The van der Waals surface area contributed by atoms with Crippen LogP contribution in [0.5, 0.6) is 0 Å². The van der Waals surface area contributed by atoms with E-state index in [2.05, 4.69) is 39.4 Å². The number of aromatic nitrogens is 3. The van der Waals surface area contributed by atoms with Crippen molar-refractivity contribution in [2.24, 2.45) is 5.73 Å². The summed E-state index contributed by atoms with van der Waals surface area (Å²) in [5.41, 5.74) is 7.30. The number of hydrogen-bond acceptors (Lipinski definition) is 5. The summed E-state index contributed by atoms with van der Waals surface area (Å²) in [4.78, 5) is 8.22. The molecule has 3 heterocycles. The Balaban J connectivity index is 1.60. The van der Waals surface area contributed by atoms with Gasteiger partial charge in [-0.05, 0) is 18.1 Å². The number of rotatable bonds is 2. The fourth-order valence-corrected chi connectivity index (χ4v) is 4.16. The van der Waals surface area contributed by atoms with Crippen molar-refractivity contribution in [2.45, 2.75) is 23.3 Å². The van der Waals surface area contributed by atoms with Gasteiger partial charge in [-0.3, -0.25) is 5.10 Å². The van der Waals surface area contributed by atoms with Crippen LogP contribution in [-0.4, -0.2) is 40.1 Å². The summed E-state index contributed by atoms with van der Waals surface area (Å²) >= 11 is 1.89. The van der Waals surface area contributed by atoms with Gasteiger partial charge in [0.15, 0.2) is 0 Å². The van der Waals surface area contributed by atoms with Gasteiger partial charge in [-0.15, -0.1) is 16.9 Å². The molecule has 6 heteroatoms. The SMILES string of the molecule is NC1CCN(c2n[nH]c(C3CSc4ccccc43)n2)C1. The predicted molar refractivity (Wildman–Crippen MR) is 80.2 cm³/mol. The maximum Gasteiger partial charge on any atom is 0.244 e. The molecule has 3 N–H and O–H groups in total. The molecule has 104 valence electrons. The van der Waals surface area contributed by atoms with E-state index < -0.39 is 0 Å². The summed E-state index contributed by atoms with van der Waals surface area (Å²) < 4.78 is 0. The Hall–Kier alpha value is -1.53. The van der Waals surface area contributed by atoms with Gasteiger partial charge in [0.25, 0.3) is 0 Å². The number of thioether (sulfide) groups is 1. The molecule has 0 saturated carbocycles. The fourth-order valence-electron chi connectivity index (χ4n) is 2.92. The highest BCUT2D eigenvalue weighted by molar-refractivity contribution is 7.99. The minimum absolute atomic E-state index is 0.250. The van der Waals surface area contributed by atoms with Crippen molar-refractivity contribution in [2.75, 3.05) is 23.7 Å². The predicted octanol–water partition coefficient (Wildman–Crippen LogP) is 1.58. The molecule has 4 rings (SSSR count). The Bertz CT molecular complexity index is 626. The van der Waals surface area contributed by atoms with Gasteiger partial charge in [-0.2, -0.15) is 4.98 Å². The second-order valence-corrected chi connectivity index (χ2v) is 6.48. The van der Waals surface area contributed by atoms with Gasteiger partial charge < -0.3 is 10.6 Å². The molecule has 2 aliphatic heterocycles. The van der Waals surface area contributed by atoms with Crippen molar-refractivity contribution in [1.29, 1.82) is 0 Å². The molecule has 2 aromatic rings. The number of fused-ring (bicyclic) bond motifs is 1. The molecule has 20 heavy (non-hydrogen) atoms. The molecule has 1 aromatic carbocycles. The van der Waals surface area contributed by atoms with Gasteiger partial charge in [0, 0.05) is 29.8 Å². The van der Waals surface area contributed by atoms with Crippen LogP contribution in [0.1, 0.15) is 23.7 Å². The highest BCUT2D eigenvalue weighted by atomic mass is 32.2. The van der Waals surface area contributed by atoms with E-state index in [9.17, 15) is 0 Å². The lowest BCUT2D eigenvalue weighted by Crippen LogP contribution is -2.27. The molecule has 2 aliphatic rings. The zero-order chi connectivity index (χ0) is 13.5. The third kappa shape index (κ3) is 1.99. The molecule has 5 nitrogen and oxygen atoms in total. The molecule has 1 fully saturated rings. The van der Waals surface area contributed by atoms with Crippen molar-refractivity contribution < 1.29 is 0 Å². The molecule has 0 aliphatic carbocycles. The molecule has 1 aromatic heterocycles. The van der Waals surface area contributed by atoms with Crippen molar-refractivity contribution in [3.05, 3.63) is 35.7 Å². The largest absolute Gasteiger partial charge is 0.338 e. The van der Waals surface area contributed by atoms with Gasteiger partial charge in [-0.1, -0.05) is 18.2 Å². The van der Waals surface area contributed by atoms with Gasteiger partial charge in [-0.25, -0.2) is 0 Å². The van der Waals surface area contributed by atoms with Crippen LogP contribution in [0.25, 0.3) is 0 Å². The Morgan fingerprint density at radius 2 is 2.25 bits per heavy atom. The summed E-state index contributed by atoms with van der Waals surface area (Å²) in [6.45, 7) is 1.81. The zero-order valence-electron chi connectivity index (χ0n) is 11.1. The number of anilines is 1. The summed E-state index contributed by atoms with van der Waals surface area (Å²) in [5, 5.41) is 7.50. The Kier molecular flexibility index (Phi) is 2.93. The highest BCUT2D eigenvalue weighted by Crippen LogP contribution is 2.41. The average Bonchev–Trinajstić information content (AvgIpc) is 3.15. The quantitative estimate of drug-likeness (QED) is 0.877. The Morgan fingerprint density at radius 1 is 1.35 bits per heavy atom. The van der Waals surface area contributed by atoms with Crippen LogP contribution in [-0.2, 0) is 0 Å². The van der Waals surface area contributed by atoms with Gasteiger partial charge in [0.1, 0.15) is 5.82 Å². The first-order chi connectivity index (χ1) is 9.81. The number of H-pyrrole nitrogens is 1. The smallest absolute Gasteiger partial charge is 0.244 e. The number of hydrogen-bond donors (Lipinski definition) is 2. The van der Waals surface area contributed by atoms with E-state index in [1.165, 1.54) is 10.5 Å². The molecular formula is C14H17N5S. The summed E-state index contributed by atoms with van der Waals surface area (Å²) in [6.07, 6.45) is 1.02. The van der Waals surface area contributed by atoms with Gasteiger partial charge >= 0.3 is 0 Å². The minimum atomic E-state index is 0.250. The Morgan fingerprint density at radius 3 is 3.10 bits per heavy atom. The van der Waals surface area contributed by atoms with Crippen LogP contribution in [0.2, 0.25) is 0 Å². The maximum absolute atomic E-state index is 5.94. The third-order valence-corrected chi connectivity index (χ3v) is 5.21. The van der Waals surface area contributed by atoms with E-state index in [4.69, 9.17) is 10.7 Å². The lowest BCUT2D eigenvalue weighted by Gasteiger charge is -2.12. The van der Waals surface area contributed by atoms with E-state index >= 15 is 0 Å². The molecule has 0 bridgehead atoms. The number of nitrogens with zero attached hydrogens (tertiary/aromatic N) is 3. The van der Waals surface area contributed by atoms with Crippen LogP contribution in [0.3, 0.4) is 0 Å². The molecule has 2 atom stereocenters. The molecule has 0 spiro atoms. The van der Waals surface area contributed by atoms with Crippen molar-refractivity contribution >= 4 is 17.7 Å². The highest BCUT2D eigenvalue weighted by Gasteiger charge is 2.29. The number of nitrogens with two attached hydrogens (primary N) is 1. The zero-order valence-corrected chi connectivity index (χ0v) is 11.9. The second kappa shape index (κ2) is 4.79. The van der Waals surface area contributed by atoms with E-state index in [0.717, 1.165) is 37.0 Å². The van der Waals surface area contributed by atoms with Crippen molar-refractivity contribution in [3.8, 4) is 0 Å². The van der Waals surface area contributed by atoms with E-state index in [1.807, 2.05) is 11.8 Å². The first-order valence-electron chi connectivity index (χ1n) is 6.96. The van der Waals surface area contributed by atoms with Crippen molar-refractivity contribution in [1.82, 2.24) is 15.2 Å². The van der Waals surface area contributed by atoms with Crippen LogP contribution in [0.4, 0.5) is 5.95 Å². The number of aromatic amines is 1. The summed E-state index contributed by atoms with van der Waals surface area (Å²) in [6, 6.07) is 8.80. The average molecular weight is 287 g/mol. The molecular weight excluding hydrogens is 270 g/mol. The van der Waals surface area contributed by atoms with Gasteiger partial charge in [0.05, 0.1) is 5.92 Å². The number of nitrogens with one attached hydrogen (secondary N) is 1. The fraction of sp³-hybridized carbons (Fsp3) is 0.429. The van der Waals surface area contributed by atoms with Crippen LogP contribution >= 0.6 is 11.8 Å². The normalized spacial score (nSPS) is 25.1. The van der Waals surface area contributed by atoms with Gasteiger partial charge in [0.2, 0.25) is 5.95 Å². The molecule has 0 radical (unpaired) electrons. The molecule has 2 unspecified atom stereocenters. The van der Waals surface area contributed by atoms with E-state index in [-0.39, 0.29) is 6.04 Å². The molecule has 1 saturated heterocycles. The molecule has 0 amide bonds. The lowest BCUT2D eigenvalue weighted by molar-refractivity contribution is 0.750. The monoisotopic (exact) mass is 287 g/mol. The van der Waals surface area contributed by atoms with Crippen LogP contribution in [0.15, 0.2) is 29.2 Å². The standard InChI is InChI=1S/C14H17N5S/c15-9-5-6-19(7-9)14-16-13(17-18-14)11-8-20-12-4-2-1-3-10(11)12/h1-4,9,11H,5-8,15H2,(H,16,17,18). The summed E-state index contributed by atoms with van der Waals surface area (Å²) in [5.74, 6) is 3.13. The van der Waals surface area contributed by atoms with E-state index in [0.29, 0.717) is 5.92 Å². The first kappa shape index (κ1) is 12.2. The topological polar surface area (TPSA) is 70.8 Å². The van der Waals surface area contributed by atoms with Crippen LogP contribution in [0, 0.1) is 0 Å². The van der Waals surface area contributed by atoms with E-state index in [1.54, 1.807) is 0 Å². The Labute approximate surface area is 122 Å². The summed E-state index contributed by atoms with van der Waals surface area (Å²) in [7, 11) is 0.